The lowest BCUT2D eigenvalue weighted by atomic mass is 9.57. The second-order valence-corrected chi connectivity index (χ2v) is 8.74. The van der Waals surface area contributed by atoms with Crippen molar-refractivity contribution in [2.45, 2.75) is 57.9 Å². The van der Waals surface area contributed by atoms with Crippen molar-refractivity contribution in [2.24, 2.45) is 16.3 Å². The van der Waals surface area contributed by atoms with Gasteiger partial charge in [0.2, 0.25) is 0 Å². The Bertz CT molecular complexity index is 426. The Morgan fingerprint density at radius 1 is 1.41 bits per heavy atom. The van der Waals surface area contributed by atoms with E-state index in [-0.39, 0.29) is 5.41 Å². The summed E-state index contributed by atoms with van der Waals surface area (Å²) in [7, 11) is 0. The molecule has 4 atom stereocenters. The van der Waals surface area contributed by atoms with Crippen molar-refractivity contribution in [3.63, 3.8) is 0 Å². The van der Waals surface area contributed by atoms with E-state index in [1.807, 2.05) is 0 Å². The SMILES string of the molecule is CCN=C(NC1C2CCOC2C1(C)C)N1CCSC(CC)C1. The maximum absolute atomic E-state index is 5.92. The third-order valence-corrected chi connectivity index (χ3v) is 6.96. The zero-order chi connectivity index (χ0) is 15.7. The van der Waals surface area contributed by atoms with Crippen molar-refractivity contribution < 1.29 is 4.74 Å². The van der Waals surface area contributed by atoms with Gasteiger partial charge in [0.25, 0.3) is 0 Å². The second kappa shape index (κ2) is 6.60. The van der Waals surface area contributed by atoms with Crippen LogP contribution < -0.4 is 5.32 Å². The number of fused-ring (bicyclic) bond motifs is 1. The van der Waals surface area contributed by atoms with Crippen LogP contribution in [0.5, 0.6) is 0 Å². The average Bonchev–Trinajstić information content (AvgIpc) is 2.98. The molecule has 3 rings (SSSR count). The predicted molar refractivity (Wildman–Crippen MR) is 94.6 cm³/mol. The van der Waals surface area contributed by atoms with E-state index in [4.69, 9.17) is 9.73 Å². The molecular weight excluding hydrogens is 294 g/mol. The van der Waals surface area contributed by atoms with Crippen LogP contribution in [0.2, 0.25) is 0 Å². The van der Waals surface area contributed by atoms with E-state index >= 15 is 0 Å². The molecule has 5 heteroatoms. The Morgan fingerprint density at radius 2 is 2.23 bits per heavy atom. The molecule has 22 heavy (non-hydrogen) atoms. The van der Waals surface area contributed by atoms with Crippen molar-refractivity contribution in [3.8, 4) is 0 Å². The Balaban J connectivity index is 1.68. The monoisotopic (exact) mass is 325 g/mol. The van der Waals surface area contributed by atoms with E-state index in [9.17, 15) is 0 Å². The number of guanidine groups is 1. The van der Waals surface area contributed by atoms with Gasteiger partial charge in [-0.15, -0.1) is 0 Å². The Kier molecular flexibility index (Phi) is 4.93. The van der Waals surface area contributed by atoms with Crippen molar-refractivity contribution in [3.05, 3.63) is 0 Å². The maximum Gasteiger partial charge on any atom is 0.194 e. The molecule has 1 saturated carbocycles. The molecule has 1 aliphatic carbocycles. The topological polar surface area (TPSA) is 36.9 Å². The van der Waals surface area contributed by atoms with Gasteiger partial charge in [-0.1, -0.05) is 20.8 Å². The summed E-state index contributed by atoms with van der Waals surface area (Å²) < 4.78 is 5.92. The highest BCUT2D eigenvalue weighted by Gasteiger charge is 2.59. The number of hydrogen-bond donors (Lipinski definition) is 1. The van der Waals surface area contributed by atoms with Gasteiger partial charge in [-0.2, -0.15) is 11.8 Å². The third kappa shape index (κ3) is 2.86. The summed E-state index contributed by atoms with van der Waals surface area (Å²) in [4.78, 5) is 7.28. The molecule has 3 aliphatic rings. The molecule has 0 amide bonds. The summed E-state index contributed by atoms with van der Waals surface area (Å²) in [6.07, 6.45) is 2.88. The number of nitrogens with zero attached hydrogens (tertiary/aromatic N) is 2. The molecule has 0 bridgehead atoms. The molecule has 0 spiro atoms. The summed E-state index contributed by atoms with van der Waals surface area (Å²) in [5.41, 5.74) is 0.213. The molecule has 2 heterocycles. The van der Waals surface area contributed by atoms with Crippen LogP contribution in [0.3, 0.4) is 0 Å². The maximum atomic E-state index is 5.92. The quantitative estimate of drug-likeness (QED) is 0.639. The van der Waals surface area contributed by atoms with Crippen LogP contribution in [-0.2, 0) is 4.74 Å². The minimum Gasteiger partial charge on any atom is -0.377 e. The zero-order valence-corrected chi connectivity index (χ0v) is 15.3. The van der Waals surface area contributed by atoms with Crippen molar-refractivity contribution in [2.75, 3.05) is 32.0 Å². The van der Waals surface area contributed by atoms with Crippen molar-refractivity contribution in [1.82, 2.24) is 10.2 Å². The molecule has 2 saturated heterocycles. The van der Waals surface area contributed by atoms with Crippen molar-refractivity contribution >= 4 is 17.7 Å². The Hall–Kier alpha value is -0.420. The Labute approximate surface area is 139 Å². The highest BCUT2D eigenvalue weighted by atomic mass is 32.2. The largest absolute Gasteiger partial charge is 0.377 e. The van der Waals surface area contributed by atoms with E-state index < -0.39 is 0 Å². The van der Waals surface area contributed by atoms with Gasteiger partial charge in [-0.05, 0) is 19.8 Å². The average molecular weight is 326 g/mol. The highest BCUT2D eigenvalue weighted by Crippen LogP contribution is 2.52. The number of nitrogens with one attached hydrogen (secondary N) is 1. The molecule has 0 aromatic carbocycles. The summed E-state index contributed by atoms with van der Waals surface area (Å²) in [6.45, 7) is 13.1. The highest BCUT2D eigenvalue weighted by molar-refractivity contribution is 8.00. The molecule has 3 fully saturated rings. The normalized spacial score (nSPS) is 37.6. The number of thioether (sulfide) groups is 1. The number of rotatable bonds is 3. The summed E-state index contributed by atoms with van der Waals surface area (Å²) in [5.74, 6) is 3.01. The van der Waals surface area contributed by atoms with Gasteiger partial charge in [0, 0.05) is 54.6 Å². The van der Waals surface area contributed by atoms with Crippen LogP contribution in [0, 0.1) is 11.3 Å². The fourth-order valence-electron chi connectivity index (χ4n) is 4.30. The van der Waals surface area contributed by atoms with Crippen LogP contribution in [-0.4, -0.2) is 60.2 Å². The lowest BCUT2D eigenvalue weighted by molar-refractivity contribution is -0.107. The van der Waals surface area contributed by atoms with Gasteiger partial charge in [0.05, 0.1) is 6.10 Å². The first-order valence-corrected chi connectivity index (χ1v) is 9.92. The second-order valence-electron chi connectivity index (χ2n) is 7.33. The minimum atomic E-state index is 0.213. The number of aliphatic imine (C=N–C) groups is 1. The molecule has 4 unspecified atom stereocenters. The molecule has 4 nitrogen and oxygen atoms in total. The first-order valence-electron chi connectivity index (χ1n) is 8.87. The van der Waals surface area contributed by atoms with Crippen LogP contribution in [0.15, 0.2) is 4.99 Å². The third-order valence-electron chi connectivity index (χ3n) is 5.59. The Morgan fingerprint density at radius 3 is 2.95 bits per heavy atom. The predicted octanol–water partition coefficient (Wildman–Crippen LogP) is 2.59. The van der Waals surface area contributed by atoms with Crippen LogP contribution in [0.25, 0.3) is 0 Å². The van der Waals surface area contributed by atoms with Gasteiger partial charge >= 0.3 is 0 Å². The molecule has 1 N–H and O–H groups in total. The van der Waals surface area contributed by atoms with E-state index in [1.165, 1.54) is 18.6 Å². The summed E-state index contributed by atoms with van der Waals surface area (Å²) in [5, 5.41) is 4.56. The summed E-state index contributed by atoms with van der Waals surface area (Å²) >= 11 is 2.11. The fraction of sp³-hybridized carbons (Fsp3) is 0.941. The van der Waals surface area contributed by atoms with E-state index in [0.717, 1.165) is 37.5 Å². The van der Waals surface area contributed by atoms with Crippen LogP contribution >= 0.6 is 11.8 Å². The van der Waals surface area contributed by atoms with Crippen LogP contribution in [0.4, 0.5) is 0 Å². The van der Waals surface area contributed by atoms with Gasteiger partial charge in [0.1, 0.15) is 0 Å². The molecule has 126 valence electrons. The molecule has 0 radical (unpaired) electrons. The molecule has 2 aliphatic heterocycles. The fourth-order valence-corrected chi connectivity index (χ4v) is 5.48. The number of ether oxygens (including phenoxy) is 1. The lowest BCUT2D eigenvalue weighted by Gasteiger charge is -2.55. The van der Waals surface area contributed by atoms with Gasteiger partial charge < -0.3 is 15.0 Å². The lowest BCUT2D eigenvalue weighted by Crippen LogP contribution is -2.68. The molecule has 0 aromatic rings. The van der Waals surface area contributed by atoms with E-state index in [1.54, 1.807) is 0 Å². The van der Waals surface area contributed by atoms with E-state index in [0.29, 0.717) is 18.1 Å². The van der Waals surface area contributed by atoms with E-state index in [2.05, 4.69) is 49.7 Å². The summed E-state index contributed by atoms with van der Waals surface area (Å²) in [6, 6.07) is 0.500. The van der Waals surface area contributed by atoms with Gasteiger partial charge in [-0.25, -0.2) is 0 Å². The first kappa shape index (κ1) is 16.4. The number of hydrogen-bond acceptors (Lipinski definition) is 3. The zero-order valence-electron chi connectivity index (χ0n) is 14.5. The van der Waals surface area contributed by atoms with Crippen LogP contribution in [0.1, 0.15) is 40.5 Å². The standard InChI is InChI=1S/C17H31N3OS/c1-5-12-11-20(8-10-22-12)16(18-6-2)19-14-13-7-9-21-15(13)17(14,3)4/h12-15H,5-11H2,1-4H3,(H,18,19). The smallest absolute Gasteiger partial charge is 0.194 e. The van der Waals surface area contributed by atoms with Gasteiger partial charge in [-0.3, -0.25) is 4.99 Å². The first-order chi connectivity index (χ1) is 10.6. The van der Waals surface area contributed by atoms with Gasteiger partial charge in [0.15, 0.2) is 5.96 Å². The molecular formula is C17H31N3OS. The van der Waals surface area contributed by atoms with Crippen molar-refractivity contribution in [1.29, 1.82) is 0 Å². The minimum absolute atomic E-state index is 0.213. The molecule has 0 aromatic heterocycles.